The topological polar surface area (TPSA) is 41.1 Å². The summed E-state index contributed by atoms with van der Waals surface area (Å²) >= 11 is 0. The second kappa shape index (κ2) is 6.45. The molecule has 0 saturated heterocycles. The van der Waals surface area contributed by atoms with Gasteiger partial charge >= 0.3 is 6.18 Å². The van der Waals surface area contributed by atoms with Crippen molar-refractivity contribution in [3.05, 3.63) is 29.8 Å². The first-order valence-electron chi connectivity index (χ1n) is 6.01. The minimum atomic E-state index is -4.45. The van der Waals surface area contributed by atoms with E-state index < -0.39 is 11.7 Å². The van der Waals surface area contributed by atoms with Gasteiger partial charge in [-0.15, -0.1) is 0 Å². The van der Waals surface area contributed by atoms with Crippen LogP contribution in [0.2, 0.25) is 0 Å². The molecule has 6 heteroatoms. The highest BCUT2D eigenvalue weighted by Gasteiger charge is 2.33. The first kappa shape index (κ1) is 15.3. The smallest absolute Gasteiger partial charge is 0.298 e. The summed E-state index contributed by atoms with van der Waals surface area (Å²) in [6.45, 7) is 3.94. The largest absolute Gasteiger partial charge is 0.418 e. The Kier molecular flexibility index (Phi) is 5.20. The minimum Gasteiger partial charge on any atom is -0.298 e. The zero-order valence-corrected chi connectivity index (χ0v) is 10.8. The molecule has 0 aromatic heterocycles. The van der Waals surface area contributed by atoms with Crippen molar-refractivity contribution in [3.8, 4) is 0 Å². The Hall–Kier alpha value is -1.72. The molecule has 0 heterocycles. The predicted octanol–water partition coefficient (Wildman–Crippen LogP) is 3.58. The monoisotopic (exact) mass is 274 g/mol. The first-order valence-corrected chi connectivity index (χ1v) is 6.01. The van der Waals surface area contributed by atoms with Crippen molar-refractivity contribution < 1.29 is 18.0 Å². The highest BCUT2D eigenvalue weighted by Crippen LogP contribution is 2.34. The summed E-state index contributed by atoms with van der Waals surface area (Å²) in [5.74, 6) is 0.0406. The molecule has 0 aliphatic carbocycles. The molecule has 0 aliphatic rings. The number of hydrogen-bond donors (Lipinski definition) is 2. The Labute approximate surface area is 110 Å². The normalized spacial score (nSPS) is 11.5. The molecule has 0 saturated carbocycles. The molecule has 0 bridgehead atoms. The van der Waals surface area contributed by atoms with Crippen LogP contribution in [0, 0.1) is 5.92 Å². The number of amides is 1. The Balaban J connectivity index is 2.61. The van der Waals surface area contributed by atoms with E-state index in [1.54, 1.807) is 0 Å². The Bertz CT molecular complexity index is 430. The maximum atomic E-state index is 12.7. The van der Waals surface area contributed by atoms with E-state index in [9.17, 15) is 18.0 Å². The number of anilines is 1. The predicted molar refractivity (Wildman–Crippen MR) is 67.3 cm³/mol. The third kappa shape index (κ3) is 5.19. The van der Waals surface area contributed by atoms with Crippen LogP contribution in [-0.4, -0.2) is 5.91 Å². The van der Waals surface area contributed by atoms with Crippen LogP contribution in [0.4, 0.5) is 18.9 Å². The molecule has 19 heavy (non-hydrogen) atoms. The van der Waals surface area contributed by atoms with Gasteiger partial charge in [-0.1, -0.05) is 26.0 Å². The van der Waals surface area contributed by atoms with Crippen LogP contribution in [0.1, 0.15) is 32.3 Å². The lowest BCUT2D eigenvalue weighted by Gasteiger charge is -2.15. The third-order valence-corrected chi connectivity index (χ3v) is 2.52. The molecule has 1 amide bonds. The van der Waals surface area contributed by atoms with Crippen molar-refractivity contribution in [2.75, 3.05) is 5.43 Å². The van der Waals surface area contributed by atoms with Gasteiger partial charge in [-0.25, -0.2) is 0 Å². The highest BCUT2D eigenvalue weighted by atomic mass is 19.4. The van der Waals surface area contributed by atoms with Crippen molar-refractivity contribution in [2.24, 2.45) is 5.92 Å². The molecule has 0 atom stereocenters. The van der Waals surface area contributed by atoms with Gasteiger partial charge < -0.3 is 0 Å². The molecule has 0 fully saturated rings. The fraction of sp³-hybridized carbons (Fsp3) is 0.462. The van der Waals surface area contributed by atoms with E-state index in [-0.39, 0.29) is 18.0 Å². The molecular weight excluding hydrogens is 257 g/mol. The van der Waals surface area contributed by atoms with Gasteiger partial charge in [0.2, 0.25) is 5.91 Å². The van der Waals surface area contributed by atoms with Gasteiger partial charge in [-0.2, -0.15) is 13.2 Å². The van der Waals surface area contributed by atoms with E-state index in [0.717, 1.165) is 6.07 Å². The van der Waals surface area contributed by atoms with Crippen LogP contribution < -0.4 is 10.9 Å². The molecule has 2 N–H and O–H groups in total. The van der Waals surface area contributed by atoms with Crippen LogP contribution in [0.15, 0.2) is 24.3 Å². The average Bonchev–Trinajstić information content (AvgIpc) is 2.33. The van der Waals surface area contributed by atoms with Crippen molar-refractivity contribution >= 4 is 11.6 Å². The van der Waals surface area contributed by atoms with Gasteiger partial charge in [0.15, 0.2) is 0 Å². The quantitative estimate of drug-likeness (QED) is 0.806. The second-order valence-electron chi connectivity index (χ2n) is 4.65. The number of rotatable bonds is 5. The van der Waals surface area contributed by atoms with E-state index in [2.05, 4.69) is 10.9 Å². The SMILES string of the molecule is CC(C)CCC(=O)NNc1ccccc1C(F)(F)F. The highest BCUT2D eigenvalue weighted by molar-refractivity contribution is 5.77. The summed E-state index contributed by atoms with van der Waals surface area (Å²) < 4.78 is 38.0. The van der Waals surface area contributed by atoms with E-state index in [4.69, 9.17) is 0 Å². The number of hydrogen-bond acceptors (Lipinski definition) is 2. The number of carbonyl (C=O) groups is 1. The number of nitrogens with one attached hydrogen (secondary N) is 2. The fourth-order valence-corrected chi connectivity index (χ4v) is 1.46. The van der Waals surface area contributed by atoms with Gasteiger partial charge in [0.1, 0.15) is 0 Å². The molecule has 1 aromatic rings. The number of para-hydroxylation sites is 1. The van der Waals surface area contributed by atoms with E-state index in [1.165, 1.54) is 18.2 Å². The number of alkyl halides is 3. The maximum absolute atomic E-state index is 12.7. The first-order chi connectivity index (χ1) is 8.80. The fourth-order valence-electron chi connectivity index (χ4n) is 1.46. The molecule has 3 nitrogen and oxygen atoms in total. The summed E-state index contributed by atoms with van der Waals surface area (Å²) in [7, 11) is 0. The van der Waals surface area contributed by atoms with Gasteiger partial charge in [-0.3, -0.25) is 15.6 Å². The average molecular weight is 274 g/mol. The van der Waals surface area contributed by atoms with Crippen molar-refractivity contribution in [3.63, 3.8) is 0 Å². The number of hydrazine groups is 1. The van der Waals surface area contributed by atoms with Gasteiger partial charge in [0.25, 0.3) is 0 Å². The molecule has 1 aromatic carbocycles. The van der Waals surface area contributed by atoms with Crippen LogP contribution in [0.3, 0.4) is 0 Å². The van der Waals surface area contributed by atoms with Crippen LogP contribution in [0.5, 0.6) is 0 Å². The van der Waals surface area contributed by atoms with Crippen molar-refractivity contribution in [1.82, 2.24) is 5.43 Å². The van der Waals surface area contributed by atoms with Gasteiger partial charge in [0.05, 0.1) is 11.3 Å². The lowest BCUT2D eigenvalue weighted by atomic mass is 10.1. The number of halogens is 3. The summed E-state index contributed by atoms with van der Waals surface area (Å²) in [6, 6.07) is 5.00. The Morgan fingerprint density at radius 2 is 1.89 bits per heavy atom. The molecule has 0 spiro atoms. The standard InChI is InChI=1S/C13H17F3N2O/c1-9(2)7-8-12(19)18-17-11-6-4-3-5-10(11)13(14,15)16/h3-6,9,17H,7-8H2,1-2H3,(H,18,19). The minimum absolute atomic E-state index is 0.159. The van der Waals surface area contributed by atoms with E-state index >= 15 is 0 Å². The molecule has 106 valence electrons. The molecular formula is C13H17F3N2O. The van der Waals surface area contributed by atoms with Crippen LogP contribution >= 0.6 is 0 Å². The summed E-state index contributed by atoms with van der Waals surface area (Å²) in [4.78, 5) is 11.4. The lowest BCUT2D eigenvalue weighted by molar-refractivity contribution is -0.137. The summed E-state index contributed by atoms with van der Waals surface area (Å²) in [6.07, 6.45) is -3.49. The van der Waals surface area contributed by atoms with E-state index in [1.807, 2.05) is 13.8 Å². The van der Waals surface area contributed by atoms with Crippen molar-refractivity contribution in [1.29, 1.82) is 0 Å². The van der Waals surface area contributed by atoms with Crippen molar-refractivity contribution in [2.45, 2.75) is 32.9 Å². The second-order valence-corrected chi connectivity index (χ2v) is 4.65. The molecule has 0 radical (unpaired) electrons. The lowest BCUT2D eigenvalue weighted by Crippen LogP contribution is -2.30. The number of benzene rings is 1. The van der Waals surface area contributed by atoms with E-state index in [0.29, 0.717) is 12.3 Å². The molecule has 0 unspecified atom stereocenters. The summed E-state index contributed by atoms with van der Waals surface area (Å²) in [5.41, 5.74) is 3.64. The van der Waals surface area contributed by atoms with Crippen LogP contribution in [0.25, 0.3) is 0 Å². The molecule has 1 rings (SSSR count). The van der Waals surface area contributed by atoms with Gasteiger partial charge in [-0.05, 0) is 24.5 Å². The third-order valence-electron chi connectivity index (χ3n) is 2.52. The van der Waals surface area contributed by atoms with Gasteiger partial charge in [0, 0.05) is 6.42 Å². The zero-order valence-electron chi connectivity index (χ0n) is 10.8. The van der Waals surface area contributed by atoms with Crippen LogP contribution in [-0.2, 0) is 11.0 Å². The maximum Gasteiger partial charge on any atom is 0.418 e. The molecule has 0 aliphatic heterocycles. The zero-order chi connectivity index (χ0) is 14.5. The summed E-state index contributed by atoms with van der Waals surface area (Å²) in [5, 5.41) is 0. The Morgan fingerprint density at radius 1 is 1.26 bits per heavy atom. The Morgan fingerprint density at radius 3 is 2.47 bits per heavy atom. The number of carbonyl (C=O) groups excluding carboxylic acids is 1.